The number of hydrogen-bond acceptors (Lipinski definition) is 1. The summed E-state index contributed by atoms with van der Waals surface area (Å²) in [4.78, 5) is 0. The number of halogens is 9. The van der Waals surface area contributed by atoms with Crippen molar-refractivity contribution in [2.24, 2.45) is 0 Å². The fraction of sp³-hybridized carbons (Fsp3) is 0.667. The highest BCUT2D eigenvalue weighted by Gasteiger charge is 2.64. The van der Waals surface area contributed by atoms with Gasteiger partial charge in [0.1, 0.15) is 0 Å². The SMILES string of the molecule is CO/C(=C(\F)C(F)(F)F)C(F)(F)C(F)(F)F. The molecule has 0 aliphatic heterocycles. The van der Waals surface area contributed by atoms with Crippen molar-refractivity contribution in [2.75, 3.05) is 7.11 Å². The van der Waals surface area contributed by atoms with E-state index in [0.29, 0.717) is 0 Å². The fourth-order valence-corrected chi connectivity index (χ4v) is 0.613. The third-order valence-electron chi connectivity index (χ3n) is 1.29. The zero-order valence-electron chi connectivity index (χ0n) is 7.31. The van der Waals surface area contributed by atoms with Gasteiger partial charge in [-0.25, -0.2) is 0 Å². The molecule has 0 aromatic carbocycles. The van der Waals surface area contributed by atoms with Gasteiger partial charge in [-0.2, -0.15) is 39.5 Å². The highest BCUT2D eigenvalue weighted by Crippen LogP contribution is 2.45. The molecule has 96 valence electrons. The second-order valence-electron chi connectivity index (χ2n) is 2.42. The van der Waals surface area contributed by atoms with Gasteiger partial charge in [0.2, 0.25) is 11.6 Å². The Morgan fingerprint density at radius 1 is 0.875 bits per heavy atom. The standard InChI is InChI=1S/C6H3F9O/c1-16-3(2(7)5(10,11)12)4(8,9)6(13,14)15/h1H3/b3-2-. The minimum atomic E-state index is -6.39. The van der Waals surface area contributed by atoms with Crippen molar-refractivity contribution in [1.29, 1.82) is 0 Å². The summed E-state index contributed by atoms with van der Waals surface area (Å²) >= 11 is 0. The third-order valence-corrected chi connectivity index (χ3v) is 1.29. The van der Waals surface area contributed by atoms with Crippen LogP contribution in [0, 0.1) is 0 Å². The van der Waals surface area contributed by atoms with Crippen molar-refractivity contribution in [3.05, 3.63) is 11.6 Å². The molecule has 0 saturated carbocycles. The number of ether oxygens (including phenoxy) is 1. The van der Waals surface area contributed by atoms with Crippen molar-refractivity contribution in [2.45, 2.75) is 18.3 Å². The minimum absolute atomic E-state index is 0.0697. The van der Waals surface area contributed by atoms with E-state index in [1.165, 1.54) is 0 Å². The highest BCUT2D eigenvalue weighted by molar-refractivity contribution is 5.16. The lowest BCUT2D eigenvalue weighted by Crippen LogP contribution is -2.40. The van der Waals surface area contributed by atoms with Crippen molar-refractivity contribution in [1.82, 2.24) is 0 Å². The number of alkyl halides is 8. The van der Waals surface area contributed by atoms with E-state index in [1.54, 1.807) is 0 Å². The molecule has 0 heterocycles. The highest BCUT2D eigenvalue weighted by atomic mass is 19.4. The van der Waals surface area contributed by atoms with Crippen molar-refractivity contribution >= 4 is 0 Å². The largest absolute Gasteiger partial charge is 0.492 e. The van der Waals surface area contributed by atoms with Crippen LogP contribution in [0.15, 0.2) is 11.6 Å². The third kappa shape index (κ3) is 2.73. The molecule has 1 nitrogen and oxygen atoms in total. The summed E-state index contributed by atoms with van der Waals surface area (Å²) in [6.45, 7) is 0. The van der Waals surface area contributed by atoms with Gasteiger partial charge in [-0.1, -0.05) is 0 Å². The van der Waals surface area contributed by atoms with Crippen LogP contribution in [0.4, 0.5) is 39.5 Å². The van der Waals surface area contributed by atoms with E-state index in [0.717, 1.165) is 0 Å². The van der Waals surface area contributed by atoms with Gasteiger partial charge in [0.25, 0.3) is 0 Å². The van der Waals surface area contributed by atoms with Crippen LogP contribution in [-0.2, 0) is 4.74 Å². The lowest BCUT2D eigenvalue weighted by atomic mass is 10.2. The average molecular weight is 262 g/mol. The van der Waals surface area contributed by atoms with E-state index in [1.807, 2.05) is 0 Å². The maximum Gasteiger partial charge on any atom is 0.461 e. The molecule has 0 radical (unpaired) electrons. The van der Waals surface area contributed by atoms with E-state index >= 15 is 0 Å². The fourth-order valence-electron chi connectivity index (χ4n) is 0.613. The predicted molar refractivity (Wildman–Crippen MR) is 32.2 cm³/mol. The van der Waals surface area contributed by atoms with E-state index in [-0.39, 0.29) is 7.11 Å². The van der Waals surface area contributed by atoms with Crippen LogP contribution in [-0.4, -0.2) is 25.4 Å². The molecular weight excluding hydrogens is 259 g/mol. The zero-order chi connectivity index (χ0) is 13.4. The van der Waals surface area contributed by atoms with Crippen LogP contribution < -0.4 is 0 Å². The van der Waals surface area contributed by atoms with Crippen molar-refractivity contribution in [3.63, 3.8) is 0 Å². The molecule has 16 heavy (non-hydrogen) atoms. The number of hydrogen-bond donors (Lipinski definition) is 0. The molecule has 0 rings (SSSR count). The molecule has 0 aromatic rings. The molecule has 0 unspecified atom stereocenters. The molecule has 0 aromatic heterocycles. The summed E-state index contributed by atoms with van der Waals surface area (Å²) in [7, 11) is 0.0697. The van der Waals surface area contributed by atoms with Crippen LogP contribution in [0.3, 0.4) is 0 Å². The Kier molecular flexibility index (Phi) is 3.78. The van der Waals surface area contributed by atoms with Gasteiger partial charge in [-0.15, -0.1) is 0 Å². The van der Waals surface area contributed by atoms with Crippen molar-refractivity contribution in [3.8, 4) is 0 Å². The Balaban J connectivity index is 5.65. The molecule has 10 heteroatoms. The van der Waals surface area contributed by atoms with Gasteiger partial charge in [0.15, 0.2) is 0 Å². The number of rotatable bonds is 2. The van der Waals surface area contributed by atoms with Gasteiger partial charge < -0.3 is 4.74 Å². The first kappa shape index (κ1) is 14.9. The zero-order valence-corrected chi connectivity index (χ0v) is 7.31. The molecular formula is C6H3F9O. The topological polar surface area (TPSA) is 9.23 Å². The first-order valence-electron chi connectivity index (χ1n) is 3.31. The van der Waals surface area contributed by atoms with E-state index in [4.69, 9.17) is 0 Å². The molecule has 0 bridgehead atoms. The number of allylic oxidation sites excluding steroid dienone is 2. The molecule has 0 amide bonds. The quantitative estimate of drug-likeness (QED) is 0.546. The second-order valence-corrected chi connectivity index (χ2v) is 2.42. The second kappa shape index (κ2) is 4.06. The molecule has 0 spiro atoms. The Morgan fingerprint density at radius 2 is 1.25 bits per heavy atom. The molecule has 0 N–H and O–H groups in total. The molecule has 0 atom stereocenters. The first-order valence-corrected chi connectivity index (χ1v) is 3.31. The summed E-state index contributed by atoms with van der Waals surface area (Å²) < 4.78 is 110. The van der Waals surface area contributed by atoms with E-state index in [9.17, 15) is 39.5 Å². The first-order chi connectivity index (χ1) is 6.85. The van der Waals surface area contributed by atoms with Gasteiger partial charge >= 0.3 is 18.3 Å². The summed E-state index contributed by atoms with van der Waals surface area (Å²) in [6.07, 6.45) is -12.4. The smallest absolute Gasteiger partial charge is 0.461 e. The normalized spacial score (nSPS) is 15.9. The number of methoxy groups -OCH3 is 1. The van der Waals surface area contributed by atoms with Crippen LogP contribution in [0.25, 0.3) is 0 Å². The van der Waals surface area contributed by atoms with E-state index in [2.05, 4.69) is 4.74 Å². The van der Waals surface area contributed by atoms with Crippen LogP contribution in [0.2, 0.25) is 0 Å². The Morgan fingerprint density at radius 3 is 1.44 bits per heavy atom. The Labute approximate surface area is 82.5 Å². The lowest BCUT2D eigenvalue weighted by Gasteiger charge is -2.22. The Hall–Kier alpha value is -1.09. The summed E-state index contributed by atoms with van der Waals surface area (Å²) in [6, 6.07) is 0. The maximum absolute atomic E-state index is 12.3. The summed E-state index contributed by atoms with van der Waals surface area (Å²) in [5, 5.41) is 0. The van der Waals surface area contributed by atoms with Crippen LogP contribution in [0.5, 0.6) is 0 Å². The monoisotopic (exact) mass is 262 g/mol. The minimum Gasteiger partial charge on any atom is -0.492 e. The van der Waals surface area contributed by atoms with Gasteiger partial charge in [-0.05, 0) is 0 Å². The molecule has 0 saturated heterocycles. The van der Waals surface area contributed by atoms with Crippen LogP contribution in [0.1, 0.15) is 0 Å². The van der Waals surface area contributed by atoms with Gasteiger partial charge in [0, 0.05) is 0 Å². The van der Waals surface area contributed by atoms with Gasteiger partial charge in [0.05, 0.1) is 7.11 Å². The Bertz CT molecular complexity index is 283. The predicted octanol–water partition coefficient (Wildman–Crippen LogP) is 3.57. The lowest BCUT2D eigenvalue weighted by molar-refractivity contribution is -0.278. The van der Waals surface area contributed by atoms with Crippen LogP contribution >= 0.6 is 0 Å². The van der Waals surface area contributed by atoms with Crippen molar-refractivity contribution < 1.29 is 44.3 Å². The maximum atomic E-state index is 12.3. The van der Waals surface area contributed by atoms with E-state index < -0.39 is 29.9 Å². The molecule has 0 fully saturated rings. The molecule has 0 aliphatic carbocycles. The van der Waals surface area contributed by atoms with Gasteiger partial charge in [-0.3, -0.25) is 0 Å². The summed E-state index contributed by atoms with van der Waals surface area (Å²) in [5.41, 5.74) is 0. The molecule has 0 aliphatic rings. The average Bonchev–Trinajstić information content (AvgIpc) is 2.00. The summed E-state index contributed by atoms with van der Waals surface area (Å²) in [5.74, 6) is -12.8.